The Morgan fingerprint density at radius 2 is 2.06 bits per heavy atom. The summed E-state index contributed by atoms with van der Waals surface area (Å²) >= 11 is 0. The second-order valence-corrected chi connectivity index (χ2v) is 7.68. The molecule has 31 heavy (non-hydrogen) atoms. The summed E-state index contributed by atoms with van der Waals surface area (Å²) in [5.74, 6) is 0.326. The summed E-state index contributed by atoms with van der Waals surface area (Å²) in [5, 5.41) is 9.33. The first-order chi connectivity index (χ1) is 14.7. The van der Waals surface area contributed by atoms with Crippen LogP contribution in [0.1, 0.15) is 42.3 Å². The van der Waals surface area contributed by atoms with E-state index in [9.17, 15) is 23.2 Å². The molecule has 0 radical (unpaired) electrons. The van der Waals surface area contributed by atoms with Crippen LogP contribution < -0.4 is 0 Å². The third-order valence-electron chi connectivity index (χ3n) is 5.61. The molecule has 0 bridgehead atoms. The van der Waals surface area contributed by atoms with Gasteiger partial charge in [-0.3, -0.25) is 4.90 Å². The monoisotopic (exact) mass is 428 g/mol. The van der Waals surface area contributed by atoms with E-state index in [1.807, 2.05) is 30.3 Å². The predicted octanol–water partition coefficient (Wildman–Crippen LogP) is 5.10. The van der Waals surface area contributed by atoms with E-state index in [-0.39, 0.29) is 23.2 Å². The van der Waals surface area contributed by atoms with Crippen molar-refractivity contribution in [2.75, 3.05) is 6.54 Å². The molecule has 2 heterocycles. The maximum Gasteiger partial charge on any atom is 0.416 e. The number of nitrogens with zero attached hydrogens (tertiary/aromatic N) is 3. The van der Waals surface area contributed by atoms with Gasteiger partial charge in [-0.2, -0.15) is 18.4 Å². The molecule has 2 aromatic carbocycles. The fraction of sp³-hybridized carbons (Fsp3) is 0.318. The van der Waals surface area contributed by atoms with Crippen LogP contribution in [0.3, 0.4) is 0 Å². The van der Waals surface area contributed by atoms with E-state index in [2.05, 4.69) is 9.97 Å². The van der Waals surface area contributed by atoms with Crippen LogP contribution in [0.15, 0.2) is 42.5 Å². The quantitative estimate of drug-likeness (QED) is 0.629. The average molecular weight is 428 g/mol. The first-order valence-electron chi connectivity index (χ1n) is 9.72. The Balaban J connectivity index is 1.65. The highest BCUT2D eigenvalue weighted by Crippen LogP contribution is 2.39. The van der Waals surface area contributed by atoms with Crippen molar-refractivity contribution in [1.29, 1.82) is 5.26 Å². The van der Waals surface area contributed by atoms with Crippen molar-refractivity contribution >= 4 is 17.1 Å². The minimum absolute atomic E-state index is 0.104. The van der Waals surface area contributed by atoms with Crippen LogP contribution in [0.25, 0.3) is 11.0 Å². The van der Waals surface area contributed by atoms with Crippen molar-refractivity contribution in [2.45, 2.75) is 38.1 Å². The number of fused-ring (bicyclic) bond motifs is 1. The van der Waals surface area contributed by atoms with Gasteiger partial charge in [0.15, 0.2) is 0 Å². The molecule has 9 heteroatoms. The van der Waals surface area contributed by atoms with E-state index < -0.39 is 23.4 Å². The fourth-order valence-electron chi connectivity index (χ4n) is 3.92. The molecule has 0 spiro atoms. The van der Waals surface area contributed by atoms with Crippen LogP contribution in [0.5, 0.6) is 0 Å². The van der Waals surface area contributed by atoms with Gasteiger partial charge in [-0.15, -0.1) is 0 Å². The van der Waals surface area contributed by atoms with E-state index in [4.69, 9.17) is 4.74 Å². The number of H-pyrrole nitrogens is 1. The molecule has 0 saturated carbocycles. The number of carbonyl (C=O) groups excluding carboxylic acids is 1. The topological polar surface area (TPSA) is 82.0 Å². The lowest BCUT2D eigenvalue weighted by Crippen LogP contribution is -2.43. The molecule has 1 unspecified atom stereocenters. The SMILES string of the molecule is CC1(c2nc3c(C#N)cc(C(F)(F)F)cc3[nH]2)CCCN1C(=O)OCc1ccccc1. The first-order valence-corrected chi connectivity index (χ1v) is 9.72. The number of halogens is 3. The number of rotatable bonds is 3. The van der Waals surface area contributed by atoms with Crippen molar-refractivity contribution in [2.24, 2.45) is 0 Å². The Hall–Kier alpha value is -3.54. The number of alkyl halides is 3. The standard InChI is InChI=1S/C22H19F3N4O2/c1-21(8-5-9-29(21)20(30)31-13-14-6-3-2-4-7-14)19-27-17-11-16(22(23,24)25)10-15(12-26)18(17)28-19/h2-4,6-7,10-11H,5,8-9,13H2,1H3,(H,27,28). The highest BCUT2D eigenvalue weighted by molar-refractivity contribution is 5.83. The summed E-state index contributed by atoms with van der Waals surface area (Å²) in [6, 6.07) is 12.8. The Labute approximate surface area is 176 Å². The molecule has 1 fully saturated rings. The third kappa shape index (κ3) is 3.81. The molecule has 0 aliphatic carbocycles. The molecule has 6 nitrogen and oxygen atoms in total. The van der Waals surface area contributed by atoms with Gasteiger partial charge in [-0.05, 0) is 37.5 Å². The van der Waals surface area contributed by atoms with E-state index in [0.29, 0.717) is 25.2 Å². The zero-order valence-electron chi connectivity index (χ0n) is 16.7. The minimum atomic E-state index is -4.59. The van der Waals surface area contributed by atoms with Gasteiger partial charge in [0.2, 0.25) is 0 Å². The average Bonchev–Trinajstić information content (AvgIpc) is 3.36. The highest BCUT2D eigenvalue weighted by atomic mass is 19.4. The number of amides is 1. The number of hydrogen-bond donors (Lipinski definition) is 1. The van der Waals surface area contributed by atoms with Crippen LogP contribution in [0.2, 0.25) is 0 Å². The largest absolute Gasteiger partial charge is 0.445 e. The number of aromatic nitrogens is 2. The van der Waals surface area contributed by atoms with Gasteiger partial charge in [0.05, 0.1) is 16.6 Å². The number of hydrogen-bond acceptors (Lipinski definition) is 4. The minimum Gasteiger partial charge on any atom is -0.445 e. The lowest BCUT2D eigenvalue weighted by atomic mass is 9.98. The maximum absolute atomic E-state index is 13.2. The van der Waals surface area contributed by atoms with Crippen molar-refractivity contribution in [3.63, 3.8) is 0 Å². The summed E-state index contributed by atoms with van der Waals surface area (Å²) in [6.07, 6.45) is -3.87. The summed E-state index contributed by atoms with van der Waals surface area (Å²) < 4.78 is 45.0. The molecule has 1 atom stereocenters. The number of likely N-dealkylation sites (tertiary alicyclic amines) is 1. The van der Waals surface area contributed by atoms with E-state index >= 15 is 0 Å². The lowest BCUT2D eigenvalue weighted by molar-refractivity contribution is -0.137. The molecular weight excluding hydrogens is 409 g/mol. The number of nitrogens with one attached hydrogen (secondary N) is 1. The first kappa shape index (κ1) is 20.7. The van der Waals surface area contributed by atoms with Crippen molar-refractivity contribution in [1.82, 2.24) is 14.9 Å². The number of aromatic amines is 1. The van der Waals surface area contributed by atoms with Gasteiger partial charge in [0.25, 0.3) is 0 Å². The number of carbonyl (C=O) groups is 1. The lowest BCUT2D eigenvalue weighted by Gasteiger charge is -2.32. The van der Waals surface area contributed by atoms with Crippen molar-refractivity contribution in [3.8, 4) is 6.07 Å². The molecule has 4 rings (SSSR count). The molecule has 3 aromatic rings. The van der Waals surface area contributed by atoms with Gasteiger partial charge >= 0.3 is 12.3 Å². The summed E-state index contributed by atoms with van der Waals surface area (Å²) in [6.45, 7) is 2.33. The Morgan fingerprint density at radius 1 is 1.32 bits per heavy atom. The molecular formula is C22H19F3N4O2. The number of benzene rings is 2. The van der Waals surface area contributed by atoms with Crippen LogP contribution in [0, 0.1) is 11.3 Å². The Bertz CT molecular complexity index is 1170. The molecule has 1 saturated heterocycles. The maximum atomic E-state index is 13.2. The third-order valence-corrected chi connectivity index (χ3v) is 5.61. The van der Waals surface area contributed by atoms with E-state index in [0.717, 1.165) is 17.7 Å². The van der Waals surface area contributed by atoms with Crippen LogP contribution in [0.4, 0.5) is 18.0 Å². The summed E-state index contributed by atoms with van der Waals surface area (Å²) in [7, 11) is 0. The van der Waals surface area contributed by atoms with Gasteiger partial charge in [0.1, 0.15) is 29.6 Å². The van der Waals surface area contributed by atoms with E-state index in [1.165, 1.54) is 4.90 Å². The highest BCUT2D eigenvalue weighted by Gasteiger charge is 2.44. The molecule has 1 amide bonds. The van der Waals surface area contributed by atoms with Gasteiger partial charge in [-0.1, -0.05) is 30.3 Å². The summed E-state index contributed by atoms with van der Waals surface area (Å²) in [4.78, 5) is 21.7. The van der Waals surface area contributed by atoms with Gasteiger partial charge in [0, 0.05) is 6.54 Å². The van der Waals surface area contributed by atoms with Gasteiger partial charge < -0.3 is 9.72 Å². The van der Waals surface area contributed by atoms with Crippen LogP contribution in [-0.2, 0) is 23.1 Å². The number of imidazole rings is 1. The van der Waals surface area contributed by atoms with E-state index in [1.54, 1.807) is 13.0 Å². The number of ether oxygens (including phenoxy) is 1. The molecule has 1 aromatic heterocycles. The van der Waals surface area contributed by atoms with Crippen molar-refractivity contribution < 1.29 is 22.7 Å². The second kappa shape index (κ2) is 7.61. The number of nitriles is 1. The zero-order chi connectivity index (χ0) is 22.2. The summed E-state index contributed by atoms with van der Waals surface area (Å²) in [5.41, 5.74) is -0.894. The Kier molecular flexibility index (Phi) is 5.09. The fourth-order valence-corrected chi connectivity index (χ4v) is 3.92. The van der Waals surface area contributed by atoms with Crippen molar-refractivity contribution in [3.05, 3.63) is 65.0 Å². The zero-order valence-corrected chi connectivity index (χ0v) is 16.7. The molecule has 160 valence electrons. The van der Waals surface area contributed by atoms with Gasteiger partial charge in [-0.25, -0.2) is 9.78 Å². The second-order valence-electron chi connectivity index (χ2n) is 7.68. The van der Waals surface area contributed by atoms with Crippen LogP contribution in [-0.4, -0.2) is 27.5 Å². The van der Waals surface area contributed by atoms with Crippen LogP contribution >= 0.6 is 0 Å². The normalized spacial score (nSPS) is 18.9. The molecule has 1 N–H and O–H groups in total. The molecule has 1 aliphatic heterocycles. The smallest absolute Gasteiger partial charge is 0.416 e. The predicted molar refractivity (Wildman–Crippen MR) is 106 cm³/mol. The molecule has 1 aliphatic rings. The Morgan fingerprint density at radius 3 is 2.74 bits per heavy atom.